The molecule has 1 aliphatic rings. The number of nitrogens with zero attached hydrogens (tertiary/aromatic N) is 3. The molecule has 0 bridgehead atoms. The third-order valence-electron chi connectivity index (χ3n) is 3.79. The van der Waals surface area contributed by atoms with Crippen LogP contribution >= 0.6 is 11.6 Å². The van der Waals surface area contributed by atoms with Crippen LogP contribution in [0.4, 0.5) is 0 Å². The van der Waals surface area contributed by atoms with Gasteiger partial charge in [0.2, 0.25) is 0 Å². The standard InChI is InChI=1S/C14H16ClN3O2/c1-9-7-10-12(17(9)2)11(8-16-13(10)15)14(19)18-3-5-20-6-4-18/h7-8H,3-6H2,1-2H3. The lowest BCUT2D eigenvalue weighted by Gasteiger charge is -2.27. The number of carbonyl (C=O) groups is 1. The quantitative estimate of drug-likeness (QED) is 0.756. The summed E-state index contributed by atoms with van der Waals surface area (Å²) in [6.07, 6.45) is 1.57. The normalized spacial score (nSPS) is 15.8. The van der Waals surface area contributed by atoms with Crippen LogP contribution < -0.4 is 0 Å². The third kappa shape index (κ3) is 2.07. The number of hydrogen-bond acceptors (Lipinski definition) is 3. The zero-order valence-electron chi connectivity index (χ0n) is 11.5. The second-order valence-electron chi connectivity index (χ2n) is 4.97. The molecule has 0 atom stereocenters. The molecule has 2 aromatic heterocycles. The highest BCUT2D eigenvalue weighted by atomic mass is 35.5. The van der Waals surface area contributed by atoms with Gasteiger partial charge in [0.15, 0.2) is 0 Å². The first-order chi connectivity index (χ1) is 9.59. The highest BCUT2D eigenvalue weighted by Gasteiger charge is 2.23. The first-order valence-electron chi connectivity index (χ1n) is 6.57. The van der Waals surface area contributed by atoms with E-state index in [2.05, 4.69) is 4.98 Å². The van der Waals surface area contributed by atoms with Crippen LogP contribution in [-0.4, -0.2) is 46.7 Å². The van der Waals surface area contributed by atoms with Crippen molar-refractivity contribution < 1.29 is 9.53 Å². The Hall–Kier alpha value is -1.59. The maximum absolute atomic E-state index is 12.7. The zero-order valence-corrected chi connectivity index (χ0v) is 12.3. The van der Waals surface area contributed by atoms with E-state index in [-0.39, 0.29) is 5.91 Å². The van der Waals surface area contributed by atoms with Gasteiger partial charge in [0, 0.05) is 37.4 Å². The number of hydrogen-bond donors (Lipinski definition) is 0. The molecule has 20 heavy (non-hydrogen) atoms. The van der Waals surface area contributed by atoms with Gasteiger partial charge < -0.3 is 14.2 Å². The van der Waals surface area contributed by atoms with Gasteiger partial charge in [-0.25, -0.2) is 4.98 Å². The molecule has 0 aliphatic carbocycles. The number of rotatable bonds is 1. The third-order valence-corrected chi connectivity index (χ3v) is 4.09. The van der Waals surface area contributed by atoms with Crippen LogP contribution in [0.1, 0.15) is 16.1 Å². The predicted octanol–water partition coefficient (Wildman–Crippen LogP) is 2.01. The molecule has 1 fully saturated rings. The molecule has 1 saturated heterocycles. The van der Waals surface area contributed by atoms with Gasteiger partial charge in [0.1, 0.15) is 5.15 Å². The lowest BCUT2D eigenvalue weighted by molar-refractivity contribution is 0.0303. The average Bonchev–Trinajstić information content (AvgIpc) is 2.77. The molecule has 0 saturated carbocycles. The van der Waals surface area contributed by atoms with Crippen molar-refractivity contribution in [1.82, 2.24) is 14.5 Å². The summed E-state index contributed by atoms with van der Waals surface area (Å²) in [4.78, 5) is 18.6. The monoisotopic (exact) mass is 293 g/mol. The van der Waals surface area contributed by atoms with Gasteiger partial charge in [0.05, 0.1) is 24.3 Å². The largest absolute Gasteiger partial charge is 0.378 e. The maximum atomic E-state index is 12.7. The fourth-order valence-electron chi connectivity index (χ4n) is 2.56. The number of halogens is 1. The molecule has 0 radical (unpaired) electrons. The SMILES string of the molecule is Cc1cc2c(Cl)ncc(C(=O)N3CCOCC3)c2n1C. The van der Waals surface area contributed by atoms with Crippen molar-refractivity contribution in [3.05, 3.63) is 28.7 Å². The number of pyridine rings is 1. The molecular formula is C14H16ClN3O2. The van der Waals surface area contributed by atoms with Crippen molar-refractivity contribution in [3.63, 3.8) is 0 Å². The van der Waals surface area contributed by atoms with E-state index < -0.39 is 0 Å². The molecule has 5 nitrogen and oxygen atoms in total. The smallest absolute Gasteiger partial charge is 0.257 e. The molecule has 0 N–H and O–H groups in total. The van der Waals surface area contributed by atoms with Gasteiger partial charge in [-0.05, 0) is 13.0 Å². The summed E-state index contributed by atoms with van der Waals surface area (Å²) in [5.41, 5.74) is 2.49. The van der Waals surface area contributed by atoms with Gasteiger partial charge in [-0.2, -0.15) is 0 Å². The molecule has 0 unspecified atom stereocenters. The molecule has 1 amide bonds. The van der Waals surface area contributed by atoms with Crippen LogP contribution in [0.2, 0.25) is 5.15 Å². The molecule has 6 heteroatoms. The van der Waals surface area contributed by atoms with Gasteiger partial charge in [-0.15, -0.1) is 0 Å². The van der Waals surface area contributed by atoms with E-state index >= 15 is 0 Å². The Bertz CT molecular complexity index is 675. The van der Waals surface area contributed by atoms with E-state index in [4.69, 9.17) is 16.3 Å². The molecule has 3 heterocycles. The Morgan fingerprint density at radius 3 is 2.80 bits per heavy atom. The van der Waals surface area contributed by atoms with E-state index in [1.54, 1.807) is 11.1 Å². The molecular weight excluding hydrogens is 278 g/mol. The molecule has 3 rings (SSSR count). The molecule has 0 aromatic carbocycles. The van der Waals surface area contributed by atoms with Crippen LogP contribution in [0.15, 0.2) is 12.3 Å². The van der Waals surface area contributed by atoms with E-state index in [1.807, 2.05) is 24.6 Å². The van der Waals surface area contributed by atoms with Crippen molar-refractivity contribution in [2.45, 2.75) is 6.92 Å². The minimum Gasteiger partial charge on any atom is -0.378 e. The predicted molar refractivity (Wildman–Crippen MR) is 77.2 cm³/mol. The van der Waals surface area contributed by atoms with Crippen molar-refractivity contribution in [3.8, 4) is 0 Å². The van der Waals surface area contributed by atoms with Crippen molar-refractivity contribution in [2.75, 3.05) is 26.3 Å². The number of morpholine rings is 1. The Morgan fingerprint density at radius 1 is 1.40 bits per heavy atom. The van der Waals surface area contributed by atoms with E-state index in [1.165, 1.54) is 0 Å². The van der Waals surface area contributed by atoms with Crippen LogP contribution in [0.25, 0.3) is 10.9 Å². The van der Waals surface area contributed by atoms with Crippen molar-refractivity contribution in [1.29, 1.82) is 0 Å². The van der Waals surface area contributed by atoms with Gasteiger partial charge in [0.25, 0.3) is 5.91 Å². The molecule has 2 aromatic rings. The lowest BCUT2D eigenvalue weighted by Crippen LogP contribution is -2.40. The molecule has 0 spiro atoms. The Balaban J connectivity index is 2.11. The Kier molecular flexibility index (Phi) is 3.40. The second-order valence-corrected chi connectivity index (χ2v) is 5.33. The fourth-order valence-corrected chi connectivity index (χ4v) is 2.75. The first-order valence-corrected chi connectivity index (χ1v) is 6.95. The van der Waals surface area contributed by atoms with Crippen LogP contribution in [0.3, 0.4) is 0 Å². The maximum Gasteiger partial charge on any atom is 0.257 e. The minimum atomic E-state index is -0.0105. The summed E-state index contributed by atoms with van der Waals surface area (Å²) < 4.78 is 7.27. The Labute approximate surface area is 122 Å². The highest BCUT2D eigenvalue weighted by molar-refractivity contribution is 6.34. The minimum absolute atomic E-state index is 0.0105. The first kappa shape index (κ1) is 13.4. The highest BCUT2D eigenvalue weighted by Crippen LogP contribution is 2.28. The number of aromatic nitrogens is 2. The van der Waals surface area contributed by atoms with Crippen LogP contribution in [0.5, 0.6) is 0 Å². The summed E-state index contributed by atoms with van der Waals surface area (Å²) in [5.74, 6) is -0.0105. The van der Waals surface area contributed by atoms with Crippen molar-refractivity contribution >= 4 is 28.4 Å². The average molecular weight is 294 g/mol. The Morgan fingerprint density at radius 2 is 2.10 bits per heavy atom. The van der Waals surface area contributed by atoms with Crippen molar-refractivity contribution in [2.24, 2.45) is 7.05 Å². The summed E-state index contributed by atoms with van der Waals surface area (Å²) in [6, 6.07) is 1.96. The number of amides is 1. The number of fused-ring (bicyclic) bond motifs is 1. The summed E-state index contributed by atoms with van der Waals surface area (Å²) in [5, 5.41) is 1.26. The van der Waals surface area contributed by atoms with Crippen LogP contribution in [-0.2, 0) is 11.8 Å². The number of carbonyl (C=O) groups excluding carboxylic acids is 1. The number of aryl methyl sites for hydroxylation is 2. The van der Waals surface area contributed by atoms with E-state index in [0.29, 0.717) is 37.0 Å². The van der Waals surface area contributed by atoms with Gasteiger partial charge in [-0.3, -0.25) is 4.79 Å². The molecule has 1 aliphatic heterocycles. The van der Waals surface area contributed by atoms with Crippen LogP contribution in [0, 0.1) is 6.92 Å². The fraction of sp³-hybridized carbons (Fsp3) is 0.429. The zero-order chi connectivity index (χ0) is 14.3. The lowest BCUT2D eigenvalue weighted by atomic mass is 10.2. The van der Waals surface area contributed by atoms with E-state index in [0.717, 1.165) is 16.6 Å². The summed E-state index contributed by atoms with van der Waals surface area (Å²) in [7, 11) is 1.93. The van der Waals surface area contributed by atoms with Gasteiger partial charge in [-0.1, -0.05) is 11.6 Å². The summed E-state index contributed by atoms with van der Waals surface area (Å²) >= 11 is 6.14. The molecule has 106 valence electrons. The van der Waals surface area contributed by atoms with E-state index in [9.17, 15) is 4.79 Å². The van der Waals surface area contributed by atoms with Gasteiger partial charge >= 0.3 is 0 Å². The second kappa shape index (κ2) is 5.07. The topological polar surface area (TPSA) is 47.4 Å². The number of ether oxygens (including phenoxy) is 1. The summed E-state index contributed by atoms with van der Waals surface area (Å²) in [6.45, 7) is 4.39.